The Balaban J connectivity index is 1.37. The van der Waals surface area contributed by atoms with E-state index in [1.54, 1.807) is 0 Å². The van der Waals surface area contributed by atoms with E-state index in [0.717, 1.165) is 53.5 Å². The van der Waals surface area contributed by atoms with Crippen LogP contribution in [-0.2, 0) is 11.3 Å². The lowest BCUT2D eigenvalue weighted by molar-refractivity contribution is 0.122. The molecule has 1 aromatic heterocycles. The van der Waals surface area contributed by atoms with Crippen LogP contribution in [-0.4, -0.2) is 26.3 Å². The maximum absolute atomic E-state index is 6.01. The summed E-state index contributed by atoms with van der Waals surface area (Å²) in [6.45, 7) is 6.26. The third-order valence-corrected chi connectivity index (χ3v) is 5.70. The van der Waals surface area contributed by atoms with Crippen molar-refractivity contribution < 1.29 is 9.15 Å². The minimum absolute atomic E-state index is 0.659. The van der Waals surface area contributed by atoms with Crippen molar-refractivity contribution in [3.63, 3.8) is 0 Å². The van der Waals surface area contributed by atoms with Crippen molar-refractivity contribution in [2.75, 3.05) is 36.5 Å². The highest BCUT2D eigenvalue weighted by Crippen LogP contribution is 2.27. The van der Waals surface area contributed by atoms with Crippen molar-refractivity contribution in [1.29, 1.82) is 0 Å². The number of nitrogens with one attached hydrogen (secondary N) is 1. The van der Waals surface area contributed by atoms with Crippen LogP contribution >= 0.6 is 15.9 Å². The van der Waals surface area contributed by atoms with E-state index in [1.165, 1.54) is 11.3 Å². The first-order valence-electron chi connectivity index (χ1n) is 9.21. The normalized spacial score (nSPS) is 14.4. The molecule has 0 saturated carbocycles. The lowest BCUT2D eigenvalue weighted by atomic mass is 10.1. The second-order valence-electron chi connectivity index (χ2n) is 6.73. The first kappa shape index (κ1) is 18.1. The number of morpholine rings is 1. The zero-order valence-corrected chi connectivity index (χ0v) is 17.0. The number of hydrogen-bond donors (Lipinski definition) is 1. The summed E-state index contributed by atoms with van der Waals surface area (Å²) in [5, 5.41) is 3.43. The van der Waals surface area contributed by atoms with E-state index in [1.807, 2.05) is 12.1 Å². The van der Waals surface area contributed by atoms with E-state index in [-0.39, 0.29) is 0 Å². The number of hydrogen-bond acceptors (Lipinski definition) is 4. The van der Waals surface area contributed by atoms with Crippen LogP contribution in [0.15, 0.2) is 63.5 Å². The largest absolute Gasteiger partial charge is 0.459 e. The molecule has 1 N–H and O–H groups in total. The van der Waals surface area contributed by atoms with Gasteiger partial charge in [-0.15, -0.1) is 0 Å². The predicted molar refractivity (Wildman–Crippen MR) is 113 cm³/mol. The van der Waals surface area contributed by atoms with Crippen LogP contribution in [0, 0.1) is 6.92 Å². The van der Waals surface area contributed by atoms with Gasteiger partial charge in [0.2, 0.25) is 0 Å². The smallest absolute Gasteiger partial charge is 0.134 e. The summed E-state index contributed by atoms with van der Waals surface area (Å²) in [7, 11) is 0. The van der Waals surface area contributed by atoms with Crippen molar-refractivity contribution in [3.05, 3.63) is 70.4 Å². The molecular weight excluding hydrogens is 404 g/mol. The lowest BCUT2D eigenvalue weighted by Gasteiger charge is -2.28. The van der Waals surface area contributed by atoms with Crippen molar-refractivity contribution in [2.24, 2.45) is 0 Å². The molecule has 0 amide bonds. The molecule has 1 saturated heterocycles. The van der Waals surface area contributed by atoms with Crippen molar-refractivity contribution >= 4 is 27.3 Å². The van der Waals surface area contributed by atoms with E-state index in [0.29, 0.717) is 6.54 Å². The van der Waals surface area contributed by atoms with Crippen LogP contribution in [0.3, 0.4) is 0 Å². The van der Waals surface area contributed by atoms with E-state index < -0.39 is 0 Å². The molecule has 27 heavy (non-hydrogen) atoms. The highest BCUT2D eigenvalue weighted by Gasteiger charge is 2.11. The summed E-state index contributed by atoms with van der Waals surface area (Å²) in [6, 6.07) is 18.9. The molecule has 0 unspecified atom stereocenters. The highest BCUT2D eigenvalue weighted by atomic mass is 79.9. The maximum atomic E-state index is 6.01. The van der Waals surface area contributed by atoms with Crippen LogP contribution in [0.1, 0.15) is 11.3 Å². The van der Waals surface area contributed by atoms with Gasteiger partial charge in [-0.1, -0.05) is 22.0 Å². The van der Waals surface area contributed by atoms with Gasteiger partial charge in [0.15, 0.2) is 0 Å². The van der Waals surface area contributed by atoms with Gasteiger partial charge in [-0.25, -0.2) is 0 Å². The number of benzene rings is 2. The van der Waals surface area contributed by atoms with Crippen molar-refractivity contribution in [1.82, 2.24) is 0 Å². The number of ether oxygens (including phenoxy) is 1. The predicted octanol–water partition coefficient (Wildman–Crippen LogP) is 5.47. The Morgan fingerprint density at radius 3 is 2.52 bits per heavy atom. The van der Waals surface area contributed by atoms with Gasteiger partial charge >= 0.3 is 0 Å². The highest BCUT2D eigenvalue weighted by molar-refractivity contribution is 9.10. The van der Waals surface area contributed by atoms with Gasteiger partial charge in [-0.2, -0.15) is 0 Å². The topological polar surface area (TPSA) is 37.6 Å². The summed E-state index contributed by atoms with van der Waals surface area (Å²) in [6.07, 6.45) is 0. The molecule has 1 aliphatic heterocycles. The van der Waals surface area contributed by atoms with Gasteiger partial charge in [0, 0.05) is 34.5 Å². The molecule has 0 atom stereocenters. The number of halogens is 1. The maximum Gasteiger partial charge on any atom is 0.134 e. The molecule has 0 radical (unpaired) electrons. The molecule has 4 rings (SSSR count). The molecule has 140 valence electrons. The molecule has 0 spiro atoms. The van der Waals surface area contributed by atoms with Gasteiger partial charge < -0.3 is 19.4 Å². The molecule has 2 heterocycles. The molecule has 0 aliphatic carbocycles. The second kappa shape index (κ2) is 8.19. The Labute approximate surface area is 168 Å². The molecule has 3 aromatic rings. The van der Waals surface area contributed by atoms with E-state index in [9.17, 15) is 0 Å². The molecular formula is C22H23BrN2O2. The Bertz CT molecular complexity index is 899. The Morgan fingerprint density at radius 1 is 1.00 bits per heavy atom. The number of furan rings is 1. The van der Waals surface area contributed by atoms with Gasteiger partial charge in [0.1, 0.15) is 11.5 Å². The first-order valence-corrected chi connectivity index (χ1v) is 10.0. The summed E-state index contributed by atoms with van der Waals surface area (Å²) in [5.41, 5.74) is 4.62. The summed E-state index contributed by atoms with van der Waals surface area (Å²) in [4.78, 5) is 2.35. The minimum atomic E-state index is 0.659. The van der Waals surface area contributed by atoms with Crippen LogP contribution in [0.2, 0.25) is 0 Å². The van der Waals surface area contributed by atoms with Gasteiger partial charge in [0.25, 0.3) is 0 Å². The minimum Gasteiger partial charge on any atom is -0.459 e. The number of nitrogens with zero attached hydrogens (tertiary/aromatic N) is 1. The summed E-state index contributed by atoms with van der Waals surface area (Å²) >= 11 is 3.54. The van der Waals surface area contributed by atoms with Crippen molar-refractivity contribution in [2.45, 2.75) is 13.5 Å². The number of anilines is 2. The standard InChI is InChI=1S/C22H23BrN2O2/c1-16-14-17(2-8-21(16)23)22-9-7-20(27-22)15-24-18-3-5-19(6-4-18)25-10-12-26-13-11-25/h2-9,14,24H,10-13,15H2,1H3. The fourth-order valence-corrected chi connectivity index (χ4v) is 3.47. The first-order chi connectivity index (χ1) is 13.2. The Kier molecular flexibility index (Phi) is 5.50. The van der Waals surface area contributed by atoms with E-state index in [2.05, 4.69) is 75.5 Å². The van der Waals surface area contributed by atoms with Gasteiger partial charge in [-0.05, 0) is 61.0 Å². The average Bonchev–Trinajstić information content (AvgIpc) is 3.19. The summed E-state index contributed by atoms with van der Waals surface area (Å²) < 4.78 is 12.5. The third-order valence-electron chi connectivity index (χ3n) is 4.81. The SMILES string of the molecule is Cc1cc(-c2ccc(CNc3ccc(N4CCOCC4)cc3)o2)ccc1Br. The van der Waals surface area contributed by atoms with Crippen LogP contribution in [0.25, 0.3) is 11.3 Å². The average molecular weight is 427 g/mol. The molecule has 2 aromatic carbocycles. The van der Waals surface area contributed by atoms with E-state index >= 15 is 0 Å². The third kappa shape index (κ3) is 4.37. The zero-order valence-electron chi connectivity index (χ0n) is 15.4. The van der Waals surface area contributed by atoms with Crippen LogP contribution < -0.4 is 10.2 Å². The fraction of sp³-hybridized carbons (Fsp3) is 0.273. The second-order valence-corrected chi connectivity index (χ2v) is 7.58. The molecule has 0 bridgehead atoms. The Morgan fingerprint density at radius 2 is 1.78 bits per heavy atom. The molecule has 1 fully saturated rings. The van der Waals surface area contributed by atoms with Crippen molar-refractivity contribution in [3.8, 4) is 11.3 Å². The Hall–Kier alpha value is -2.24. The van der Waals surface area contributed by atoms with Crippen LogP contribution in [0.4, 0.5) is 11.4 Å². The molecule has 4 nitrogen and oxygen atoms in total. The quantitative estimate of drug-likeness (QED) is 0.586. The zero-order chi connectivity index (χ0) is 18.6. The molecule has 5 heteroatoms. The lowest BCUT2D eigenvalue weighted by Crippen LogP contribution is -2.36. The summed E-state index contributed by atoms with van der Waals surface area (Å²) in [5.74, 6) is 1.81. The monoisotopic (exact) mass is 426 g/mol. The van der Waals surface area contributed by atoms with E-state index in [4.69, 9.17) is 9.15 Å². The van der Waals surface area contributed by atoms with Gasteiger partial charge in [-0.3, -0.25) is 0 Å². The number of aryl methyl sites for hydroxylation is 1. The van der Waals surface area contributed by atoms with Gasteiger partial charge in [0.05, 0.1) is 19.8 Å². The van der Waals surface area contributed by atoms with Crippen LogP contribution in [0.5, 0.6) is 0 Å². The molecule has 1 aliphatic rings. The number of rotatable bonds is 5. The fourth-order valence-electron chi connectivity index (χ4n) is 3.23.